The molecule has 1 aliphatic rings. The van der Waals surface area contributed by atoms with Crippen LogP contribution in [0.15, 0.2) is 48.8 Å². The van der Waals surface area contributed by atoms with Crippen molar-refractivity contribution in [2.24, 2.45) is 5.92 Å². The van der Waals surface area contributed by atoms with Gasteiger partial charge in [0.05, 0.1) is 0 Å². The Balaban J connectivity index is 1.42. The molecule has 0 saturated heterocycles. The molecule has 0 amide bonds. The van der Waals surface area contributed by atoms with Gasteiger partial charge in [0.15, 0.2) is 5.78 Å². The number of H-pyrrole nitrogens is 1. The number of halogens is 2. The number of rotatable bonds is 4. The summed E-state index contributed by atoms with van der Waals surface area (Å²) >= 11 is 0. The fraction of sp³-hybridized carbons (Fsp3) is 0.348. The molecular formula is C23H22F2N6O. The number of nitrogens with one attached hydrogen (secondary N) is 1. The van der Waals surface area contributed by atoms with Gasteiger partial charge in [0, 0.05) is 53.4 Å². The zero-order chi connectivity index (χ0) is 22.1. The number of nitrogens with zero attached hydrogens (tertiary/aromatic N) is 5. The minimum atomic E-state index is -2.67. The second kappa shape index (κ2) is 8.22. The average molecular weight is 436 g/mol. The van der Waals surface area contributed by atoms with E-state index in [0.29, 0.717) is 36.3 Å². The smallest absolute Gasteiger partial charge is 0.248 e. The van der Waals surface area contributed by atoms with Crippen LogP contribution in [0.5, 0.6) is 0 Å². The first-order chi connectivity index (χ1) is 15.5. The molecule has 4 aromatic rings. The molecule has 1 saturated carbocycles. The minimum absolute atomic E-state index is 0.0805. The molecule has 0 bridgehead atoms. The van der Waals surface area contributed by atoms with Crippen LogP contribution < -0.4 is 0 Å². The number of benzene rings is 1. The molecule has 1 aromatic carbocycles. The van der Waals surface area contributed by atoms with Crippen molar-refractivity contribution in [2.75, 3.05) is 0 Å². The number of aromatic amines is 1. The van der Waals surface area contributed by atoms with Crippen LogP contribution in [0.4, 0.5) is 8.78 Å². The molecule has 0 aliphatic heterocycles. The van der Waals surface area contributed by atoms with E-state index in [1.807, 2.05) is 41.1 Å². The second-order valence-electron chi connectivity index (χ2n) is 8.31. The fourth-order valence-corrected chi connectivity index (χ4v) is 4.37. The highest BCUT2D eigenvalue weighted by atomic mass is 19.3. The van der Waals surface area contributed by atoms with Crippen LogP contribution in [0.2, 0.25) is 0 Å². The third kappa shape index (κ3) is 4.02. The van der Waals surface area contributed by atoms with E-state index >= 15 is 0 Å². The summed E-state index contributed by atoms with van der Waals surface area (Å²) in [6.45, 7) is 0. The maximum absolute atomic E-state index is 13.8. The third-order valence-corrected chi connectivity index (χ3v) is 6.11. The van der Waals surface area contributed by atoms with Crippen molar-refractivity contribution in [1.29, 1.82) is 0 Å². The van der Waals surface area contributed by atoms with Gasteiger partial charge >= 0.3 is 0 Å². The summed E-state index contributed by atoms with van der Waals surface area (Å²) in [7, 11) is 0. The van der Waals surface area contributed by atoms with E-state index in [1.165, 1.54) is 0 Å². The number of Topliss-reactive ketones (excluding diaryl/α,β-unsaturated/α-hetero) is 1. The Morgan fingerprint density at radius 1 is 1.12 bits per heavy atom. The molecule has 32 heavy (non-hydrogen) atoms. The minimum Gasteiger partial charge on any atom is -0.301 e. The van der Waals surface area contributed by atoms with Gasteiger partial charge in [-0.15, -0.1) is 10.2 Å². The predicted octanol–water partition coefficient (Wildman–Crippen LogP) is 4.99. The van der Waals surface area contributed by atoms with Gasteiger partial charge in [-0.25, -0.2) is 13.8 Å². The normalized spacial score (nSPS) is 18.9. The highest BCUT2D eigenvalue weighted by Crippen LogP contribution is 2.34. The van der Waals surface area contributed by atoms with Crippen molar-refractivity contribution < 1.29 is 13.6 Å². The average Bonchev–Trinajstić information content (AvgIpc) is 3.47. The number of aromatic nitrogens is 6. The Morgan fingerprint density at radius 2 is 2.03 bits per heavy atom. The van der Waals surface area contributed by atoms with E-state index in [1.54, 1.807) is 12.3 Å². The Labute approximate surface area is 182 Å². The number of hydrogen-bond acceptors (Lipinski definition) is 5. The quantitative estimate of drug-likeness (QED) is 0.455. The summed E-state index contributed by atoms with van der Waals surface area (Å²) in [6.07, 6.45) is 5.10. The third-order valence-electron chi connectivity index (χ3n) is 6.11. The van der Waals surface area contributed by atoms with E-state index in [9.17, 15) is 13.6 Å². The summed E-state index contributed by atoms with van der Waals surface area (Å²) < 4.78 is 29.6. The number of ketones is 1. The van der Waals surface area contributed by atoms with Crippen LogP contribution >= 0.6 is 0 Å². The zero-order valence-electron chi connectivity index (χ0n) is 17.3. The predicted molar refractivity (Wildman–Crippen MR) is 115 cm³/mol. The number of carbonyl (C=O) groups is 1. The molecular weight excluding hydrogens is 414 g/mol. The second-order valence-corrected chi connectivity index (χ2v) is 8.31. The van der Waals surface area contributed by atoms with E-state index in [-0.39, 0.29) is 31.0 Å². The van der Waals surface area contributed by atoms with E-state index in [0.717, 1.165) is 16.6 Å². The largest absolute Gasteiger partial charge is 0.301 e. The van der Waals surface area contributed by atoms with Crippen molar-refractivity contribution in [3.63, 3.8) is 0 Å². The Kier molecular flexibility index (Phi) is 5.24. The van der Waals surface area contributed by atoms with Crippen molar-refractivity contribution in [3.8, 4) is 17.1 Å². The molecule has 5 rings (SSSR count). The van der Waals surface area contributed by atoms with Crippen LogP contribution in [0.1, 0.15) is 48.9 Å². The molecule has 1 atom stereocenters. The van der Waals surface area contributed by atoms with Gasteiger partial charge in [-0.2, -0.15) is 5.21 Å². The van der Waals surface area contributed by atoms with Gasteiger partial charge in [-0.1, -0.05) is 18.6 Å². The molecule has 1 aliphatic carbocycles. The number of alkyl halides is 2. The van der Waals surface area contributed by atoms with Crippen LogP contribution in [0.3, 0.4) is 0 Å². The van der Waals surface area contributed by atoms with Crippen molar-refractivity contribution in [2.45, 2.75) is 44.4 Å². The van der Waals surface area contributed by atoms with Crippen molar-refractivity contribution >= 4 is 16.8 Å². The first-order valence-corrected chi connectivity index (χ1v) is 10.7. The Hall–Kier alpha value is -3.49. The standard InChI is InChI=1S/C23H22F2N6O/c24-23(25)9-2-1-4-15(7-10-23)20(32)18-12-17-8-11-31(22(17)26-14-18)19-6-3-5-16(13-19)21-27-29-30-28-21/h3,5-6,8,11-15H,1-2,4,7,9-10H2,(H,27,28,29,30). The van der Waals surface area contributed by atoms with E-state index in [4.69, 9.17) is 0 Å². The highest BCUT2D eigenvalue weighted by Gasteiger charge is 2.33. The summed E-state index contributed by atoms with van der Waals surface area (Å²) in [4.78, 5) is 17.6. The van der Waals surface area contributed by atoms with E-state index in [2.05, 4.69) is 25.6 Å². The zero-order valence-corrected chi connectivity index (χ0v) is 17.3. The monoisotopic (exact) mass is 436 g/mol. The maximum atomic E-state index is 13.8. The molecule has 0 spiro atoms. The van der Waals surface area contributed by atoms with Crippen LogP contribution in [0.25, 0.3) is 28.1 Å². The molecule has 1 N–H and O–H groups in total. The molecule has 3 aromatic heterocycles. The van der Waals surface area contributed by atoms with Crippen molar-refractivity contribution in [3.05, 3.63) is 54.4 Å². The van der Waals surface area contributed by atoms with E-state index < -0.39 is 5.92 Å². The van der Waals surface area contributed by atoms with Gasteiger partial charge in [-0.05, 0) is 48.7 Å². The molecule has 0 radical (unpaired) electrons. The lowest BCUT2D eigenvalue weighted by atomic mass is 9.85. The van der Waals surface area contributed by atoms with Gasteiger partial charge in [0.2, 0.25) is 11.7 Å². The van der Waals surface area contributed by atoms with Crippen molar-refractivity contribution in [1.82, 2.24) is 30.2 Å². The maximum Gasteiger partial charge on any atom is 0.248 e. The summed E-state index contributed by atoms with van der Waals surface area (Å²) in [5, 5.41) is 14.9. The Morgan fingerprint density at radius 3 is 2.88 bits per heavy atom. The van der Waals surface area contributed by atoms with Crippen LogP contribution in [-0.2, 0) is 0 Å². The van der Waals surface area contributed by atoms with Crippen LogP contribution in [-0.4, -0.2) is 41.9 Å². The molecule has 164 valence electrons. The topological polar surface area (TPSA) is 89.4 Å². The summed E-state index contributed by atoms with van der Waals surface area (Å²) in [6, 6.07) is 11.4. The number of tetrazole rings is 1. The van der Waals surface area contributed by atoms with Crippen LogP contribution in [0, 0.1) is 5.92 Å². The highest BCUT2D eigenvalue weighted by molar-refractivity contribution is 6.00. The first kappa shape index (κ1) is 20.4. The summed E-state index contributed by atoms with van der Waals surface area (Å²) in [5.41, 5.74) is 2.86. The molecule has 7 nitrogen and oxygen atoms in total. The lowest BCUT2D eigenvalue weighted by Gasteiger charge is -2.24. The summed E-state index contributed by atoms with van der Waals surface area (Å²) in [5.74, 6) is -2.65. The number of fused-ring (bicyclic) bond motifs is 1. The van der Waals surface area contributed by atoms with Gasteiger partial charge in [0.1, 0.15) is 5.65 Å². The van der Waals surface area contributed by atoms with Gasteiger partial charge in [0.25, 0.3) is 0 Å². The van der Waals surface area contributed by atoms with Gasteiger partial charge in [-0.3, -0.25) is 4.79 Å². The fourth-order valence-electron chi connectivity index (χ4n) is 4.37. The lowest BCUT2D eigenvalue weighted by molar-refractivity contribution is -0.0277. The molecule has 9 heteroatoms. The first-order valence-electron chi connectivity index (χ1n) is 10.7. The molecule has 1 unspecified atom stereocenters. The SMILES string of the molecule is O=C(c1cnc2c(ccn2-c2cccc(-c3nn[nH]n3)c2)c1)C1CCCCC(F)(F)CC1. The number of carbonyl (C=O) groups excluding carboxylic acids is 1. The number of pyridine rings is 1. The lowest BCUT2D eigenvalue weighted by Crippen LogP contribution is -2.24. The Bertz CT molecular complexity index is 1250. The number of hydrogen-bond donors (Lipinski definition) is 1. The molecule has 1 fully saturated rings. The van der Waals surface area contributed by atoms with Gasteiger partial charge < -0.3 is 4.57 Å². The molecule has 3 heterocycles.